The fourth-order valence-corrected chi connectivity index (χ4v) is 9.73. The standard InChI is InChI=1S/C59H36N4O/c60-37-38-26-28-39(29-27-38)56-61-57(63-58(62-56)43-30-32-50-48-22-8-7-20-46(48)47-21-9-10-23-49(47)51(50)35-43)42-15-13-14-40(34-42)41-31-33-53-55(36-41)64-54-25-12-11-24-52(54)59(53,44-16-3-1-4-17-44)45-18-5-2-6-19-45/h1-36H. The maximum Gasteiger partial charge on any atom is 0.164 e. The van der Waals surface area contributed by atoms with Crippen molar-refractivity contribution < 1.29 is 4.74 Å². The molecular formula is C59H36N4O. The molecular weight excluding hydrogens is 781 g/mol. The van der Waals surface area contributed by atoms with Crippen molar-refractivity contribution in [1.82, 2.24) is 15.0 Å². The molecule has 0 unspecified atom stereocenters. The number of hydrogen-bond donors (Lipinski definition) is 0. The van der Waals surface area contributed by atoms with Gasteiger partial charge in [0.15, 0.2) is 17.5 Å². The number of hydrogen-bond acceptors (Lipinski definition) is 5. The predicted molar refractivity (Wildman–Crippen MR) is 257 cm³/mol. The maximum absolute atomic E-state index is 9.57. The zero-order valence-electron chi connectivity index (χ0n) is 34.5. The topological polar surface area (TPSA) is 71.7 Å². The van der Waals surface area contributed by atoms with Gasteiger partial charge in [-0.1, -0.05) is 170 Å². The van der Waals surface area contributed by atoms with Crippen LogP contribution in [0.1, 0.15) is 27.8 Å². The van der Waals surface area contributed by atoms with Gasteiger partial charge in [-0.2, -0.15) is 5.26 Å². The Kier molecular flexibility index (Phi) is 8.70. The maximum atomic E-state index is 9.57. The second kappa shape index (κ2) is 15.0. The van der Waals surface area contributed by atoms with E-state index in [2.05, 4.69) is 188 Å². The quantitative estimate of drug-likeness (QED) is 0.156. The summed E-state index contributed by atoms with van der Waals surface area (Å²) in [4.78, 5) is 15.4. The second-order valence-corrected chi connectivity index (χ2v) is 16.2. The molecule has 0 atom stereocenters. The van der Waals surface area contributed by atoms with Crippen LogP contribution in [0.25, 0.3) is 77.6 Å². The van der Waals surface area contributed by atoms with Crippen LogP contribution in [0.5, 0.6) is 11.5 Å². The lowest BCUT2D eigenvalue weighted by molar-refractivity contribution is 0.435. The number of ether oxygens (including phenoxy) is 1. The molecule has 11 aromatic rings. The van der Waals surface area contributed by atoms with E-state index in [9.17, 15) is 5.26 Å². The number of benzene rings is 10. The highest BCUT2D eigenvalue weighted by atomic mass is 16.5. The molecule has 10 aromatic carbocycles. The van der Waals surface area contributed by atoms with Gasteiger partial charge in [-0.05, 0) is 103 Å². The summed E-state index contributed by atoms with van der Waals surface area (Å²) in [5.74, 6) is 3.27. The number of para-hydroxylation sites is 1. The van der Waals surface area contributed by atoms with Crippen molar-refractivity contribution >= 4 is 32.3 Å². The van der Waals surface area contributed by atoms with Gasteiger partial charge in [0.1, 0.15) is 11.5 Å². The highest BCUT2D eigenvalue weighted by Gasteiger charge is 2.45. The van der Waals surface area contributed by atoms with Crippen molar-refractivity contribution in [2.45, 2.75) is 5.41 Å². The fraction of sp³-hybridized carbons (Fsp3) is 0.0169. The Hall–Kier alpha value is -8.72. The van der Waals surface area contributed by atoms with Crippen LogP contribution < -0.4 is 4.74 Å². The second-order valence-electron chi connectivity index (χ2n) is 16.2. The van der Waals surface area contributed by atoms with Crippen LogP contribution in [-0.4, -0.2) is 15.0 Å². The Balaban J connectivity index is 1.01. The summed E-state index contributed by atoms with van der Waals surface area (Å²) >= 11 is 0. The molecule has 0 aliphatic carbocycles. The van der Waals surface area contributed by atoms with Crippen LogP contribution in [0.2, 0.25) is 0 Å². The predicted octanol–water partition coefficient (Wildman–Crippen LogP) is 14.4. The highest BCUT2D eigenvalue weighted by Crippen LogP contribution is 2.55. The molecule has 0 amide bonds. The zero-order valence-corrected chi connectivity index (χ0v) is 34.5. The minimum Gasteiger partial charge on any atom is -0.457 e. The van der Waals surface area contributed by atoms with Crippen LogP contribution in [0.15, 0.2) is 218 Å². The van der Waals surface area contributed by atoms with E-state index in [1.807, 2.05) is 24.3 Å². The monoisotopic (exact) mass is 816 g/mol. The number of rotatable bonds is 6. The molecule has 0 radical (unpaired) electrons. The van der Waals surface area contributed by atoms with Crippen LogP contribution in [0.3, 0.4) is 0 Å². The minimum absolute atomic E-state index is 0.525. The van der Waals surface area contributed by atoms with E-state index in [1.165, 1.54) is 38.1 Å². The Morgan fingerprint density at radius 3 is 1.45 bits per heavy atom. The first-order valence-electron chi connectivity index (χ1n) is 21.4. The summed E-state index contributed by atoms with van der Waals surface area (Å²) < 4.78 is 6.83. The van der Waals surface area contributed by atoms with Crippen LogP contribution >= 0.6 is 0 Å². The van der Waals surface area contributed by atoms with Gasteiger partial charge in [-0.15, -0.1) is 0 Å². The van der Waals surface area contributed by atoms with E-state index < -0.39 is 5.41 Å². The largest absolute Gasteiger partial charge is 0.457 e. The van der Waals surface area contributed by atoms with Gasteiger partial charge in [-0.3, -0.25) is 0 Å². The van der Waals surface area contributed by atoms with E-state index in [0.29, 0.717) is 23.0 Å². The molecule has 5 heteroatoms. The van der Waals surface area contributed by atoms with E-state index in [0.717, 1.165) is 55.8 Å². The Morgan fingerprint density at radius 1 is 0.344 bits per heavy atom. The lowest BCUT2D eigenvalue weighted by Crippen LogP contribution is -2.34. The number of aromatic nitrogens is 3. The number of nitrogens with zero attached hydrogens (tertiary/aromatic N) is 4. The number of fused-ring (bicyclic) bond motifs is 8. The van der Waals surface area contributed by atoms with E-state index in [-0.39, 0.29) is 0 Å². The van der Waals surface area contributed by atoms with E-state index >= 15 is 0 Å². The lowest BCUT2D eigenvalue weighted by Gasteiger charge is -2.41. The van der Waals surface area contributed by atoms with Crippen LogP contribution in [0.4, 0.5) is 0 Å². The number of nitriles is 1. The van der Waals surface area contributed by atoms with Crippen molar-refractivity contribution in [3.8, 4) is 62.9 Å². The Morgan fingerprint density at radius 2 is 0.812 bits per heavy atom. The first-order valence-corrected chi connectivity index (χ1v) is 21.4. The van der Waals surface area contributed by atoms with E-state index in [1.54, 1.807) is 12.1 Å². The Labute approximate surface area is 370 Å². The normalized spacial score (nSPS) is 12.6. The molecule has 64 heavy (non-hydrogen) atoms. The summed E-state index contributed by atoms with van der Waals surface area (Å²) in [6.07, 6.45) is 0. The first kappa shape index (κ1) is 37.1. The molecule has 1 aromatic heterocycles. The van der Waals surface area contributed by atoms with Gasteiger partial charge in [0.05, 0.1) is 17.0 Å². The smallest absolute Gasteiger partial charge is 0.164 e. The fourth-order valence-electron chi connectivity index (χ4n) is 9.73. The molecule has 0 bridgehead atoms. The van der Waals surface area contributed by atoms with Gasteiger partial charge >= 0.3 is 0 Å². The Bertz CT molecular complexity index is 3580. The summed E-state index contributed by atoms with van der Waals surface area (Å²) in [5.41, 5.74) is 9.03. The third-order valence-corrected chi connectivity index (χ3v) is 12.7. The third kappa shape index (κ3) is 5.96. The molecule has 0 N–H and O–H groups in total. The lowest BCUT2D eigenvalue weighted by atomic mass is 9.63. The van der Waals surface area contributed by atoms with Crippen molar-refractivity contribution in [2.24, 2.45) is 0 Å². The molecule has 1 aliphatic rings. The van der Waals surface area contributed by atoms with Crippen molar-refractivity contribution in [1.29, 1.82) is 5.26 Å². The third-order valence-electron chi connectivity index (χ3n) is 12.7. The average Bonchev–Trinajstić information content (AvgIpc) is 3.38. The SMILES string of the molecule is N#Cc1ccc(-c2nc(-c3cccc(-c4ccc5c(c4)Oc4ccccc4C5(c4ccccc4)c4ccccc4)c3)nc(-c3ccc4c5ccccc5c5ccccc5c4c3)n2)cc1. The van der Waals surface area contributed by atoms with Gasteiger partial charge in [0.25, 0.3) is 0 Å². The summed E-state index contributed by atoms with van der Waals surface area (Å²) in [6, 6.07) is 78.0. The minimum atomic E-state index is -0.599. The van der Waals surface area contributed by atoms with Crippen molar-refractivity contribution in [2.75, 3.05) is 0 Å². The molecule has 0 spiro atoms. The molecule has 0 saturated heterocycles. The molecule has 0 fully saturated rings. The van der Waals surface area contributed by atoms with E-state index in [4.69, 9.17) is 19.7 Å². The highest BCUT2D eigenvalue weighted by molar-refractivity contribution is 6.25. The molecule has 5 nitrogen and oxygen atoms in total. The summed E-state index contributed by atoms with van der Waals surface area (Å²) in [7, 11) is 0. The zero-order chi connectivity index (χ0) is 42.6. The van der Waals surface area contributed by atoms with Crippen LogP contribution in [-0.2, 0) is 5.41 Å². The van der Waals surface area contributed by atoms with Gasteiger partial charge in [0.2, 0.25) is 0 Å². The molecule has 0 saturated carbocycles. The van der Waals surface area contributed by atoms with Gasteiger partial charge in [-0.25, -0.2) is 15.0 Å². The molecule has 298 valence electrons. The van der Waals surface area contributed by atoms with Crippen LogP contribution in [0, 0.1) is 11.3 Å². The first-order chi connectivity index (χ1) is 31.7. The van der Waals surface area contributed by atoms with Crippen molar-refractivity contribution in [3.05, 3.63) is 246 Å². The summed E-state index contributed by atoms with van der Waals surface area (Å²) in [5, 5.41) is 16.7. The average molecular weight is 817 g/mol. The summed E-state index contributed by atoms with van der Waals surface area (Å²) in [6.45, 7) is 0. The molecule has 2 heterocycles. The van der Waals surface area contributed by atoms with Gasteiger partial charge in [0, 0.05) is 27.8 Å². The van der Waals surface area contributed by atoms with Gasteiger partial charge < -0.3 is 4.74 Å². The molecule has 12 rings (SSSR count). The van der Waals surface area contributed by atoms with Crippen molar-refractivity contribution in [3.63, 3.8) is 0 Å². The molecule has 1 aliphatic heterocycles.